The number of piperazine rings is 1. The van der Waals surface area contributed by atoms with Gasteiger partial charge in [-0.25, -0.2) is 9.37 Å². The fourth-order valence-corrected chi connectivity index (χ4v) is 5.27. The summed E-state index contributed by atoms with van der Waals surface area (Å²) < 4.78 is 14.2. The highest BCUT2D eigenvalue weighted by molar-refractivity contribution is 7.17. The lowest BCUT2D eigenvalue weighted by Gasteiger charge is -2.37. The van der Waals surface area contributed by atoms with Crippen molar-refractivity contribution < 1.29 is 4.39 Å². The Morgan fingerprint density at radius 1 is 0.935 bits per heavy atom. The van der Waals surface area contributed by atoms with E-state index in [2.05, 4.69) is 57.2 Å². The van der Waals surface area contributed by atoms with Gasteiger partial charge in [0.05, 0.1) is 11.1 Å². The number of hydrogen-bond acceptors (Lipinski definition) is 5. The molecule has 1 saturated heterocycles. The summed E-state index contributed by atoms with van der Waals surface area (Å²) in [6.07, 6.45) is 0. The third-order valence-electron chi connectivity index (χ3n) is 5.98. The molecule has 2 aromatic heterocycles. The van der Waals surface area contributed by atoms with Gasteiger partial charge >= 0.3 is 0 Å². The van der Waals surface area contributed by atoms with E-state index in [1.54, 1.807) is 17.4 Å². The van der Waals surface area contributed by atoms with Gasteiger partial charge in [-0.05, 0) is 54.3 Å². The highest BCUT2D eigenvalue weighted by Gasteiger charge is 2.24. The largest absolute Gasteiger partial charge is 0.366 e. The van der Waals surface area contributed by atoms with E-state index in [1.165, 1.54) is 17.2 Å². The molecule has 31 heavy (non-hydrogen) atoms. The predicted molar refractivity (Wildman–Crippen MR) is 128 cm³/mol. The Labute approximate surface area is 189 Å². The maximum absolute atomic E-state index is 14.2. The lowest BCUT2D eigenvalue weighted by atomic mass is 10.0. The summed E-state index contributed by atoms with van der Waals surface area (Å²) in [6, 6.07) is 13.5. The first kappa shape index (κ1) is 20.2. The molecular formula is C24H22ClFN4S. The van der Waals surface area contributed by atoms with Crippen molar-refractivity contribution in [1.82, 2.24) is 9.97 Å². The molecule has 0 bridgehead atoms. The molecule has 0 unspecified atom stereocenters. The molecule has 1 aliphatic rings. The summed E-state index contributed by atoms with van der Waals surface area (Å²) in [5, 5.41) is 3.43. The van der Waals surface area contributed by atoms with E-state index in [0.29, 0.717) is 18.8 Å². The smallest absolute Gasteiger partial charge is 0.225 e. The van der Waals surface area contributed by atoms with Crippen LogP contribution in [0.1, 0.15) is 11.1 Å². The highest BCUT2D eigenvalue weighted by atomic mass is 35.5. The van der Waals surface area contributed by atoms with Gasteiger partial charge < -0.3 is 9.80 Å². The molecular weight excluding hydrogens is 431 g/mol. The number of halogens is 2. The number of anilines is 2. The molecule has 158 valence electrons. The molecule has 7 heteroatoms. The molecule has 0 atom stereocenters. The van der Waals surface area contributed by atoms with Crippen LogP contribution in [0.3, 0.4) is 0 Å². The molecule has 4 nitrogen and oxygen atoms in total. The maximum atomic E-state index is 14.2. The summed E-state index contributed by atoms with van der Waals surface area (Å²) in [5.74, 6) is 0.677. The molecule has 1 aliphatic heterocycles. The van der Waals surface area contributed by atoms with E-state index in [0.717, 1.165) is 40.3 Å². The van der Waals surface area contributed by atoms with Crippen LogP contribution in [0.25, 0.3) is 21.3 Å². The van der Waals surface area contributed by atoms with Gasteiger partial charge in [0.1, 0.15) is 16.5 Å². The minimum absolute atomic E-state index is 0.182. The monoisotopic (exact) mass is 452 g/mol. The van der Waals surface area contributed by atoms with Gasteiger partial charge in [-0.15, -0.1) is 11.3 Å². The second kappa shape index (κ2) is 8.09. The van der Waals surface area contributed by atoms with Crippen LogP contribution >= 0.6 is 22.9 Å². The molecule has 0 N–H and O–H groups in total. The van der Waals surface area contributed by atoms with Crippen LogP contribution in [0.5, 0.6) is 0 Å². The number of hydrogen-bond donors (Lipinski definition) is 0. The van der Waals surface area contributed by atoms with Gasteiger partial charge in [0.25, 0.3) is 0 Å². The van der Waals surface area contributed by atoms with Crippen LogP contribution in [-0.2, 0) is 0 Å². The molecule has 0 saturated carbocycles. The topological polar surface area (TPSA) is 32.3 Å². The average Bonchev–Trinajstić information content (AvgIpc) is 3.19. The summed E-state index contributed by atoms with van der Waals surface area (Å²) >= 11 is 7.88. The Balaban J connectivity index is 1.51. The number of rotatable bonds is 3. The lowest BCUT2D eigenvalue weighted by molar-refractivity contribution is 0.596. The number of nitrogens with zero attached hydrogens (tertiary/aromatic N) is 4. The quantitative estimate of drug-likeness (QED) is 0.352. The second-order valence-electron chi connectivity index (χ2n) is 7.87. The van der Waals surface area contributed by atoms with Crippen molar-refractivity contribution in [3.63, 3.8) is 0 Å². The first-order valence-corrected chi connectivity index (χ1v) is 11.5. The van der Waals surface area contributed by atoms with Crippen molar-refractivity contribution in [3.8, 4) is 11.1 Å². The molecule has 2 aromatic carbocycles. The molecule has 5 rings (SSSR count). The maximum Gasteiger partial charge on any atom is 0.225 e. The minimum Gasteiger partial charge on any atom is -0.366 e. The van der Waals surface area contributed by atoms with E-state index in [9.17, 15) is 4.39 Å². The van der Waals surface area contributed by atoms with Crippen molar-refractivity contribution in [1.29, 1.82) is 0 Å². The van der Waals surface area contributed by atoms with Gasteiger partial charge in [0.15, 0.2) is 0 Å². The summed E-state index contributed by atoms with van der Waals surface area (Å²) in [4.78, 5) is 14.3. The summed E-state index contributed by atoms with van der Waals surface area (Å²) in [5.41, 5.74) is 5.47. The summed E-state index contributed by atoms with van der Waals surface area (Å²) in [7, 11) is 0. The standard InChI is InChI=1S/C24H22ClFN4S/c1-15-7-8-17(13-16(15)2)18-14-31-23-21(18)22(27-24(25)28-23)30-11-9-29(10-12-30)20-6-4-3-5-19(20)26/h3-8,13-14H,9-12H2,1-2H3. The third-order valence-corrected chi connectivity index (χ3v) is 7.02. The van der Waals surface area contributed by atoms with Crippen molar-refractivity contribution in [2.24, 2.45) is 0 Å². The number of aromatic nitrogens is 2. The molecule has 1 fully saturated rings. The number of fused-ring (bicyclic) bond motifs is 1. The van der Waals surface area contributed by atoms with Crippen molar-refractivity contribution >= 4 is 44.7 Å². The fourth-order valence-electron chi connectivity index (χ4n) is 4.12. The van der Waals surface area contributed by atoms with Crippen LogP contribution in [-0.4, -0.2) is 36.1 Å². The Morgan fingerprint density at radius 2 is 1.68 bits per heavy atom. The number of aryl methyl sites for hydroxylation is 2. The first-order valence-electron chi connectivity index (χ1n) is 10.3. The lowest BCUT2D eigenvalue weighted by Crippen LogP contribution is -2.47. The molecule has 0 spiro atoms. The second-order valence-corrected chi connectivity index (χ2v) is 9.07. The molecule has 0 amide bonds. The zero-order chi connectivity index (χ0) is 21.5. The minimum atomic E-state index is -0.182. The Kier molecular flexibility index (Phi) is 5.28. The first-order chi connectivity index (χ1) is 15.0. The molecule has 0 radical (unpaired) electrons. The Bertz CT molecular complexity index is 1260. The molecule has 0 aliphatic carbocycles. The third kappa shape index (κ3) is 3.75. The van der Waals surface area contributed by atoms with Crippen molar-refractivity contribution in [2.75, 3.05) is 36.0 Å². The van der Waals surface area contributed by atoms with Gasteiger partial charge in [0, 0.05) is 37.1 Å². The fraction of sp³-hybridized carbons (Fsp3) is 0.250. The Hall–Kier alpha value is -2.70. The van der Waals surface area contributed by atoms with E-state index in [4.69, 9.17) is 11.6 Å². The van der Waals surface area contributed by atoms with E-state index < -0.39 is 0 Å². The normalized spacial score (nSPS) is 14.5. The van der Waals surface area contributed by atoms with Gasteiger partial charge in [-0.1, -0.05) is 30.3 Å². The van der Waals surface area contributed by atoms with Crippen molar-refractivity contribution in [3.05, 3.63) is 70.1 Å². The number of thiophene rings is 1. The SMILES string of the molecule is Cc1ccc(-c2csc3nc(Cl)nc(N4CCN(c5ccccc5F)CC4)c23)cc1C. The van der Waals surface area contributed by atoms with Crippen LogP contribution < -0.4 is 9.80 Å². The average molecular weight is 453 g/mol. The van der Waals surface area contributed by atoms with E-state index in [1.807, 2.05) is 12.1 Å². The van der Waals surface area contributed by atoms with Gasteiger partial charge in [-0.2, -0.15) is 4.98 Å². The van der Waals surface area contributed by atoms with Gasteiger partial charge in [0.2, 0.25) is 5.28 Å². The van der Waals surface area contributed by atoms with E-state index >= 15 is 0 Å². The van der Waals surface area contributed by atoms with Crippen LogP contribution in [0, 0.1) is 19.7 Å². The molecule has 4 aromatic rings. The van der Waals surface area contributed by atoms with Crippen LogP contribution in [0.15, 0.2) is 47.8 Å². The Morgan fingerprint density at radius 3 is 2.42 bits per heavy atom. The van der Waals surface area contributed by atoms with Crippen molar-refractivity contribution in [2.45, 2.75) is 13.8 Å². The predicted octanol–water partition coefficient (Wildman–Crippen LogP) is 6.09. The van der Waals surface area contributed by atoms with Crippen LogP contribution in [0.2, 0.25) is 5.28 Å². The molecule has 3 heterocycles. The van der Waals surface area contributed by atoms with Crippen LogP contribution in [0.4, 0.5) is 15.9 Å². The number of benzene rings is 2. The zero-order valence-electron chi connectivity index (χ0n) is 17.4. The number of para-hydroxylation sites is 1. The zero-order valence-corrected chi connectivity index (χ0v) is 19.0. The van der Waals surface area contributed by atoms with Gasteiger partial charge in [-0.3, -0.25) is 0 Å². The summed E-state index contributed by atoms with van der Waals surface area (Å²) in [6.45, 7) is 7.15. The van der Waals surface area contributed by atoms with E-state index in [-0.39, 0.29) is 11.1 Å². The highest BCUT2D eigenvalue weighted by Crippen LogP contribution is 2.39.